The molecule has 2 aromatic rings. The highest BCUT2D eigenvalue weighted by atomic mass is 32.2. The van der Waals surface area contributed by atoms with Gasteiger partial charge in [0.25, 0.3) is 10.0 Å². The lowest BCUT2D eigenvalue weighted by atomic mass is 10.0. The van der Waals surface area contributed by atoms with Gasteiger partial charge in [0, 0.05) is 5.69 Å². The number of hydrogen-bond donors (Lipinski definition) is 2. The highest BCUT2D eigenvalue weighted by Gasteiger charge is 2.35. The highest BCUT2D eigenvalue weighted by Crippen LogP contribution is 2.33. The molecule has 0 unspecified atom stereocenters. The smallest absolute Gasteiger partial charge is 0.419 e. The summed E-state index contributed by atoms with van der Waals surface area (Å²) in [5.41, 5.74) is -0.961. The van der Waals surface area contributed by atoms with Crippen molar-refractivity contribution in [2.24, 2.45) is 5.92 Å². The number of carboxylic acids is 1. The van der Waals surface area contributed by atoms with Crippen LogP contribution in [0.25, 0.3) is 0 Å². The van der Waals surface area contributed by atoms with Crippen molar-refractivity contribution in [1.82, 2.24) is 0 Å². The van der Waals surface area contributed by atoms with Gasteiger partial charge in [0.15, 0.2) is 0 Å². The summed E-state index contributed by atoms with van der Waals surface area (Å²) in [6.45, 7) is 1.52. The Morgan fingerprint density at radius 2 is 1.74 bits per heavy atom. The third-order valence-corrected chi connectivity index (χ3v) is 5.10. The zero-order chi connectivity index (χ0) is 20.4. The van der Waals surface area contributed by atoms with Crippen molar-refractivity contribution in [2.75, 3.05) is 4.72 Å². The van der Waals surface area contributed by atoms with Gasteiger partial charge in [-0.05, 0) is 42.3 Å². The normalized spacial score (nSPS) is 13.2. The number of alkyl halides is 3. The number of carbonyl (C=O) groups is 1. The third kappa shape index (κ3) is 5.19. The molecule has 27 heavy (non-hydrogen) atoms. The van der Waals surface area contributed by atoms with E-state index in [1.165, 1.54) is 31.2 Å². The number of anilines is 1. The molecular weight excluding hydrogens is 390 g/mol. The molecule has 0 spiro atoms. The van der Waals surface area contributed by atoms with E-state index in [-0.39, 0.29) is 18.2 Å². The maximum atomic E-state index is 13.3. The van der Waals surface area contributed by atoms with Gasteiger partial charge in [0.1, 0.15) is 5.82 Å². The molecule has 2 rings (SSSR count). The standard InChI is InChI=1S/C17H15F4NO4S/c1-10(16(23)24)8-11-2-4-12(5-3-11)22-27(25,26)13-6-7-15(18)14(9-13)17(19,20)21/h2-7,9-10,22H,8H2,1H3,(H,23,24)/t10-/m0/s1. The quantitative estimate of drug-likeness (QED) is 0.714. The SMILES string of the molecule is C[C@@H](Cc1ccc(NS(=O)(=O)c2ccc(F)c(C(F)(F)F)c2)cc1)C(=O)O. The predicted octanol–water partition coefficient (Wildman–Crippen LogP) is 3.91. The predicted molar refractivity (Wildman–Crippen MR) is 89.2 cm³/mol. The summed E-state index contributed by atoms with van der Waals surface area (Å²) >= 11 is 0. The molecule has 0 saturated carbocycles. The zero-order valence-electron chi connectivity index (χ0n) is 13.9. The molecule has 0 aliphatic rings. The fraction of sp³-hybridized carbons (Fsp3) is 0.235. The highest BCUT2D eigenvalue weighted by molar-refractivity contribution is 7.92. The van der Waals surface area contributed by atoms with E-state index in [1.54, 1.807) is 0 Å². The number of aliphatic carboxylic acids is 1. The summed E-state index contributed by atoms with van der Waals surface area (Å²) in [4.78, 5) is 10.1. The molecule has 0 heterocycles. The topological polar surface area (TPSA) is 83.5 Å². The molecule has 5 nitrogen and oxygen atoms in total. The average molecular weight is 405 g/mol. The van der Waals surface area contributed by atoms with Crippen LogP contribution in [0.4, 0.5) is 23.2 Å². The molecule has 0 aliphatic carbocycles. The van der Waals surface area contributed by atoms with E-state index in [0.717, 1.165) is 6.07 Å². The van der Waals surface area contributed by atoms with Crippen LogP contribution >= 0.6 is 0 Å². The maximum Gasteiger partial charge on any atom is 0.419 e. The summed E-state index contributed by atoms with van der Waals surface area (Å²) in [7, 11) is -4.37. The van der Waals surface area contributed by atoms with Crippen molar-refractivity contribution in [3.05, 3.63) is 59.4 Å². The molecule has 0 radical (unpaired) electrons. The second-order valence-corrected chi connectivity index (χ2v) is 7.57. The van der Waals surface area contributed by atoms with Crippen molar-refractivity contribution >= 4 is 21.7 Å². The van der Waals surface area contributed by atoms with Crippen LogP contribution < -0.4 is 4.72 Å². The fourth-order valence-corrected chi connectivity index (χ4v) is 3.34. The second kappa shape index (κ2) is 7.55. The average Bonchev–Trinajstić information content (AvgIpc) is 2.55. The minimum Gasteiger partial charge on any atom is -0.481 e. The van der Waals surface area contributed by atoms with Crippen LogP contribution in [0.2, 0.25) is 0 Å². The lowest BCUT2D eigenvalue weighted by Crippen LogP contribution is -2.16. The van der Waals surface area contributed by atoms with Crippen molar-refractivity contribution in [3.63, 3.8) is 0 Å². The third-order valence-electron chi connectivity index (χ3n) is 3.72. The molecule has 10 heteroatoms. The molecule has 0 aliphatic heterocycles. The van der Waals surface area contributed by atoms with E-state index in [9.17, 15) is 30.8 Å². The summed E-state index contributed by atoms with van der Waals surface area (Å²) in [6, 6.07) is 7.11. The maximum absolute atomic E-state index is 13.3. The molecule has 0 amide bonds. The van der Waals surface area contributed by atoms with Gasteiger partial charge >= 0.3 is 12.1 Å². The minimum absolute atomic E-state index is 0.0691. The molecule has 0 bridgehead atoms. The van der Waals surface area contributed by atoms with Gasteiger partial charge in [-0.1, -0.05) is 19.1 Å². The molecule has 146 valence electrons. The largest absolute Gasteiger partial charge is 0.481 e. The van der Waals surface area contributed by atoms with Gasteiger partial charge < -0.3 is 5.11 Å². The van der Waals surface area contributed by atoms with Gasteiger partial charge in [-0.25, -0.2) is 12.8 Å². The van der Waals surface area contributed by atoms with Gasteiger partial charge in [-0.2, -0.15) is 13.2 Å². The molecule has 2 N–H and O–H groups in total. The monoisotopic (exact) mass is 405 g/mol. The number of sulfonamides is 1. The Labute approximate surface area is 152 Å². The molecule has 0 aromatic heterocycles. The fourth-order valence-electron chi connectivity index (χ4n) is 2.25. The van der Waals surface area contributed by atoms with E-state index >= 15 is 0 Å². The molecular formula is C17H15F4NO4S. The van der Waals surface area contributed by atoms with Gasteiger partial charge in [-0.15, -0.1) is 0 Å². The van der Waals surface area contributed by atoms with E-state index in [0.29, 0.717) is 11.6 Å². The lowest BCUT2D eigenvalue weighted by Gasteiger charge is -2.12. The Morgan fingerprint density at radius 3 is 2.26 bits per heavy atom. The number of hydrogen-bond acceptors (Lipinski definition) is 3. The Hall–Kier alpha value is -2.62. The lowest BCUT2D eigenvalue weighted by molar-refractivity contribution is -0.141. The van der Waals surface area contributed by atoms with Crippen LogP contribution in [0.3, 0.4) is 0 Å². The Kier molecular flexibility index (Phi) is 5.79. The van der Waals surface area contributed by atoms with E-state index in [1.807, 2.05) is 0 Å². The van der Waals surface area contributed by atoms with Gasteiger partial charge in [0.05, 0.1) is 16.4 Å². The van der Waals surface area contributed by atoms with Crippen LogP contribution in [-0.2, 0) is 27.4 Å². The molecule has 0 saturated heterocycles. The van der Waals surface area contributed by atoms with Crippen LogP contribution in [0, 0.1) is 11.7 Å². The molecule has 0 fully saturated rings. The Morgan fingerprint density at radius 1 is 1.15 bits per heavy atom. The zero-order valence-corrected chi connectivity index (χ0v) is 14.7. The summed E-state index contributed by atoms with van der Waals surface area (Å²) < 4.78 is 78.2. The van der Waals surface area contributed by atoms with E-state index in [4.69, 9.17) is 5.11 Å². The van der Waals surface area contributed by atoms with E-state index < -0.39 is 44.4 Å². The number of rotatable bonds is 6. The summed E-state index contributed by atoms with van der Waals surface area (Å²) in [5, 5.41) is 8.88. The first kappa shape index (κ1) is 20.7. The van der Waals surface area contributed by atoms with E-state index in [2.05, 4.69) is 4.72 Å². The van der Waals surface area contributed by atoms with Crippen molar-refractivity contribution < 1.29 is 35.9 Å². The van der Waals surface area contributed by atoms with Crippen LogP contribution in [-0.4, -0.2) is 19.5 Å². The first-order valence-electron chi connectivity index (χ1n) is 7.61. The van der Waals surface area contributed by atoms with Crippen molar-refractivity contribution in [2.45, 2.75) is 24.4 Å². The number of halogens is 4. The first-order valence-corrected chi connectivity index (χ1v) is 9.10. The van der Waals surface area contributed by atoms with Crippen LogP contribution in [0.15, 0.2) is 47.4 Å². The van der Waals surface area contributed by atoms with Crippen LogP contribution in [0.5, 0.6) is 0 Å². The summed E-state index contributed by atoms with van der Waals surface area (Å²) in [5.74, 6) is -3.18. The Balaban J connectivity index is 2.23. The number of benzene rings is 2. The molecule has 2 aromatic carbocycles. The minimum atomic E-state index is -5.03. The van der Waals surface area contributed by atoms with Gasteiger partial charge in [-0.3, -0.25) is 9.52 Å². The molecule has 1 atom stereocenters. The Bertz CT molecular complexity index is 940. The van der Waals surface area contributed by atoms with Crippen molar-refractivity contribution in [1.29, 1.82) is 0 Å². The van der Waals surface area contributed by atoms with Crippen molar-refractivity contribution in [3.8, 4) is 0 Å². The summed E-state index contributed by atoms with van der Waals surface area (Å²) in [6.07, 6.45) is -4.80. The van der Waals surface area contributed by atoms with Crippen LogP contribution in [0.1, 0.15) is 18.1 Å². The number of nitrogens with one attached hydrogen (secondary N) is 1. The first-order chi connectivity index (χ1) is 12.4. The number of carboxylic acid groups (broad SMARTS) is 1. The second-order valence-electron chi connectivity index (χ2n) is 5.89. The van der Waals surface area contributed by atoms with Gasteiger partial charge in [0.2, 0.25) is 0 Å².